The number of aryl methyl sites for hydroxylation is 1. The maximum absolute atomic E-state index is 13.2. The first-order valence-corrected chi connectivity index (χ1v) is 11.1. The molecular formula is C25H29N3O4. The Morgan fingerprint density at radius 1 is 1.22 bits per heavy atom. The molecule has 32 heavy (non-hydrogen) atoms. The zero-order chi connectivity index (χ0) is 23.0. The molecule has 0 saturated heterocycles. The molecule has 7 heteroatoms. The second-order valence-electron chi connectivity index (χ2n) is 8.64. The van der Waals surface area contributed by atoms with Gasteiger partial charge in [0.1, 0.15) is 17.3 Å². The molecule has 7 nitrogen and oxygen atoms in total. The van der Waals surface area contributed by atoms with Gasteiger partial charge in [0.25, 0.3) is 5.91 Å². The molecule has 4 rings (SSSR count). The number of hydrogen-bond donors (Lipinski definition) is 3. The summed E-state index contributed by atoms with van der Waals surface area (Å²) < 4.78 is 5.55. The molecule has 2 aliphatic rings. The zero-order valence-corrected chi connectivity index (χ0v) is 18.5. The average molecular weight is 436 g/mol. The van der Waals surface area contributed by atoms with Gasteiger partial charge in [0.05, 0.1) is 18.7 Å². The van der Waals surface area contributed by atoms with E-state index in [2.05, 4.69) is 0 Å². The SMILES string of the molecule is CCOc1cc2c(cc1C(N)=O)C(=N)N(CC(=O)c1cc(C)c(O)c(C3CCCC3)c1)C2. The van der Waals surface area contributed by atoms with Crippen LogP contribution in [0.2, 0.25) is 0 Å². The summed E-state index contributed by atoms with van der Waals surface area (Å²) >= 11 is 0. The maximum Gasteiger partial charge on any atom is 0.252 e. The lowest BCUT2D eigenvalue weighted by molar-refractivity contribution is 0.0960. The van der Waals surface area contributed by atoms with Crippen molar-refractivity contribution in [2.45, 2.75) is 52.0 Å². The van der Waals surface area contributed by atoms with Crippen molar-refractivity contribution in [3.05, 3.63) is 57.6 Å². The largest absolute Gasteiger partial charge is 0.507 e. The molecule has 1 aliphatic heterocycles. The van der Waals surface area contributed by atoms with Gasteiger partial charge in [0, 0.05) is 17.7 Å². The molecule has 168 valence electrons. The van der Waals surface area contributed by atoms with Crippen LogP contribution in [0.15, 0.2) is 24.3 Å². The van der Waals surface area contributed by atoms with Gasteiger partial charge in [-0.05, 0) is 73.6 Å². The van der Waals surface area contributed by atoms with Gasteiger partial charge < -0.3 is 20.5 Å². The zero-order valence-electron chi connectivity index (χ0n) is 18.5. The van der Waals surface area contributed by atoms with Gasteiger partial charge in [0.15, 0.2) is 5.78 Å². The number of ether oxygens (including phenoxy) is 1. The first-order chi connectivity index (χ1) is 15.3. The van der Waals surface area contributed by atoms with Gasteiger partial charge in [-0.3, -0.25) is 15.0 Å². The van der Waals surface area contributed by atoms with E-state index in [1.807, 2.05) is 19.9 Å². The van der Waals surface area contributed by atoms with Crippen LogP contribution in [0.5, 0.6) is 11.5 Å². The summed E-state index contributed by atoms with van der Waals surface area (Å²) in [6.07, 6.45) is 4.34. The number of nitrogens with zero attached hydrogens (tertiary/aromatic N) is 1. The molecule has 0 unspecified atom stereocenters. The molecule has 1 amide bonds. The summed E-state index contributed by atoms with van der Waals surface area (Å²) in [5.74, 6) is 0.445. The summed E-state index contributed by atoms with van der Waals surface area (Å²) in [4.78, 5) is 26.7. The number of phenolic OH excluding ortho intramolecular Hbond substituents is 1. The molecule has 4 N–H and O–H groups in total. The normalized spacial score (nSPS) is 15.8. The number of nitrogens with one attached hydrogen (secondary N) is 1. The first kappa shape index (κ1) is 21.9. The number of carbonyl (C=O) groups excluding carboxylic acids is 2. The fraction of sp³-hybridized carbons (Fsp3) is 0.400. The van der Waals surface area contributed by atoms with Crippen molar-refractivity contribution in [3.63, 3.8) is 0 Å². The van der Waals surface area contributed by atoms with Crippen molar-refractivity contribution in [2.24, 2.45) is 5.73 Å². The molecule has 1 saturated carbocycles. The Labute approximate surface area is 187 Å². The Hall–Kier alpha value is -3.35. The lowest BCUT2D eigenvalue weighted by Crippen LogP contribution is -2.30. The molecule has 1 heterocycles. The van der Waals surface area contributed by atoms with E-state index in [9.17, 15) is 14.7 Å². The van der Waals surface area contributed by atoms with Crippen molar-refractivity contribution in [1.82, 2.24) is 4.90 Å². The van der Waals surface area contributed by atoms with E-state index in [0.717, 1.165) is 36.8 Å². The van der Waals surface area contributed by atoms with Crippen LogP contribution in [-0.2, 0) is 6.54 Å². The van der Waals surface area contributed by atoms with Crippen LogP contribution in [0.4, 0.5) is 0 Å². The highest BCUT2D eigenvalue weighted by Crippen LogP contribution is 2.40. The Balaban J connectivity index is 1.57. The smallest absolute Gasteiger partial charge is 0.252 e. The number of ketones is 1. The second-order valence-corrected chi connectivity index (χ2v) is 8.64. The number of phenols is 1. The molecule has 2 aromatic rings. The van der Waals surface area contributed by atoms with Gasteiger partial charge in [-0.1, -0.05) is 12.8 Å². The van der Waals surface area contributed by atoms with E-state index in [4.69, 9.17) is 15.9 Å². The fourth-order valence-electron chi connectivity index (χ4n) is 4.81. The van der Waals surface area contributed by atoms with E-state index in [1.54, 1.807) is 23.1 Å². The minimum atomic E-state index is -0.613. The molecule has 1 aliphatic carbocycles. The fourth-order valence-corrected chi connectivity index (χ4v) is 4.81. The number of primary amides is 1. The topological polar surface area (TPSA) is 117 Å². The van der Waals surface area contributed by atoms with Crippen molar-refractivity contribution in [1.29, 1.82) is 5.41 Å². The first-order valence-electron chi connectivity index (χ1n) is 11.1. The Kier molecular flexibility index (Phi) is 5.91. The molecule has 0 radical (unpaired) electrons. The van der Waals surface area contributed by atoms with Crippen molar-refractivity contribution in [2.75, 3.05) is 13.2 Å². The van der Waals surface area contributed by atoms with Crippen LogP contribution in [0.3, 0.4) is 0 Å². The van der Waals surface area contributed by atoms with Gasteiger partial charge in [-0.2, -0.15) is 0 Å². The minimum Gasteiger partial charge on any atom is -0.507 e. The summed E-state index contributed by atoms with van der Waals surface area (Å²) in [5, 5.41) is 19.1. The molecule has 1 fully saturated rings. The molecule has 2 aromatic carbocycles. The number of Topliss-reactive ketones (excluding diaryl/α,β-unsaturated/α-hetero) is 1. The number of benzene rings is 2. The van der Waals surface area contributed by atoms with Crippen LogP contribution in [0, 0.1) is 12.3 Å². The third-order valence-corrected chi connectivity index (χ3v) is 6.48. The highest BCUT2D eigenvalue weighted by Gasteiger charge is 2.30. The van der Waals surface area contributed by atoms with E-state index >= 15 is 0 Å². The van der Waals surface area contributed by atoms with Gasteiger partial charge in [-0.25, -0.2) is 0 Å². The van der Waals surface area contributed by atoms with Gasteiger partial charge in [0.2, 0.25) is 0 Å². The second kappa shape index (κ2) is 8.65. The van der Waals surface area contributed by atoms with Crippen molar-refractivity contribution < 1.29 is 19.4 Å². The van der Waals surface area contributed by atoms with Crippen molar-refractivity contribution in [3.8, 4) is 11.5 Å². The summed E-state index contributed by atoms with van der Waals surface area (Å²) in [6.45, 7) is 4.45. The van der Waals surface area contributed by atoms with E-state index in [-0.39, 0.29) is 29.5 Å². The van der Waals surface area contributed by atoms with Gasteiger partial charge >= 0.3 is 0 Å². The number of nitrogens with two attached hydrogens (primary N) is 1. The van der Waals surface area contributed by atoms with Crippen LogP contribution in [0.1, 0.15) is 81.5 Å². The lowest BCUT2D eigenvalue weighted by atomic mass is 9.91. The third-order valence-electron chi connectivity index (χ3n) is 6.48. The number of fused-ring (bicyclic) bond motifs is 1. The van der Waals surface area contributed by atoms with E-state index < -0.39 is 5.91 Å². The molecular weight excluding hydrogens is 406 g/mol. The van der Waals surface area contributed by atoms with Crippen LogP contribution in [0.25, 0.3) is 0 Å². The Morgan fingerprint density at radius 2 is 1.94 bits per heavy atom. The van der Waals surface area contributed by atoms with Crippen molar-refractivity contribution >= 4 is 17.5 Å². The Bertz CT molecular complexity index is 1100. The molecule has 0 spiro atoms. The van der Waals surface area contributed by atoms with E-state index in [0.29, 0.717) is 41.5 Å². The number of carbonyl (C=O) groups is 2. The predicted octanol–water partition coefficient (Wildman–Crippen LogP) is 3.88. The van der Waals surface area contributed by atoms with Gasteiger partial charge in [-0.15, -0.1) is 0 Å². The summed E-state index contributed by atoms with van der Waals surface area (Å²) in [6, 6.07) is 6.87. The predicted molar refractivity (Wildman–Crippen MR) is 122 cm³/mol. The monoisotopic (exact) mass is 435 g/mol. The maximum atomic E-state index is 13.2. The molecule has 0 aromatic heterocycles. The highest BCUT2D eigenvalue weighted by molar-refractivity contribution is 6.07. The quantitative estimate of drug-likeness (QED) is 0.571. The van der Waals surface area contributed by atoms with Crippen LogP contribution >= 0.6 is 0 Å². The lowest BCUT2D eigenvalue weighted by Gasteiger charge is -2.19. The average Bonchev–Trinajstić information content (AvgIpc) is 3.38. The highest BCUT2D eigenvalue weighted by atomic mass is 16.5. The number of hydrogen-bond acceptors (Lipinski definition) is 5. The van der Waals surface area contributed by atoms with Crippen LogP contribution < -0.4 is 10.5 Å². The number of amidine groups is 1. The minimum absolute atomic E-state index is 0.0394. The third kappa shape index (κ3) is 3.95. The number of amides is 1. The molecule has 0 atom stereocenters. The number of aromatic hydroxyl groups is 1. The summed E-state index contributed by atoms with van der Waals surface area (Å²) in [5.41, 5.74) is 9.25. The number of rotatable bonds is 7. The standard InChI is InChI=1S/C25H29N3O4/c1-3-32-22-10-17-12-28(24(26)19(17)11-20(22)25(27)31)13-21(29)16-8-14(2)23(30)18(9-16)15-6-4-5-7-15/h8-11,15,26,30H,3-7,12-13H2,1-2H3,(H2,27,31). The molecule has 0 bridgehead atoms. The summed E-state index contributed by atoms with van der Waals surface area (Å²) in [7, 11) is 0. The Morgan fingerprint density at radius 3 is 2.59 bits per heavy atom. The van der Waals surface area contributed by atoms with Crippen LogP contribution in [-0.4, -0.2) is 40.7 Å². The van der Waals surface area contributed by atoms with E-state index in [1.165, 1.54) is 0 Å².